The fourth-order valence-electron chi connectivity index (χ4n) is 2.12. The highest BCUT2D eigenvalue weighted by atomic mass is 16.5. The molecule has 1 aromatic heterocycles. The van der Waals surface area contributed by atoms with Crippen LogP contribution in [0.4, 0.5) is 0 Å². The predicted octanol–water partition coefficient (Wildman–Crippen LogP) is 3.78. The van der Waals surface area contributed by atoms with Gasteiger partial charge in [0.2, 0.25) is 0 Å². The minimum atomic E-state index is 0.0801. The van der Waals surface area contributed by atoms with Crippen LogP contribution in [0.2, 0.25) is 0 Å². The van der Waals surface area contributed by atoms with Crippen molar-refractivity contribution in [3.63, 3.8) is 0 Å². The zero-order valence-electron chi connectivity index (χ0n) is 12.2. The molecule has 0 aliphatic rings. The number of ether oxygens (including phenoxy) is 1. The summed E-state index contributed by atoms with van der Waals surface area (Å²) in [6.45, 7) is 10.1. The first kappa shape index (κ1) is 13.7. The normalized spacial score (nSPS) is 11.6. The van der Waals surface area contributed by atoms with Crippen LogP contribution in [0.25, 0.3) is 0 Å². The maximum atomic E-state index is 5.97. The molecule has 0 aliphatic heterocycles. The van der Waals surface area contributed by atoms with Crippen molar-refractivity contribution in [1.29, 1.82) is 0 Å². The fourth-order valence-corrected chi connectivity index (χ4v) is 2.12. The number of hydrogen-bond donors (Lipinski definition) is 0. The van der Waals surface area contributed by atoms with Crippen molar-refractivity contribution >= 4 is 0 Å². The molecule has 0 saturated heterocycles. The van der Waals surface area contributed by atoms with Crippen molar-refractivity contribution in [2.45, 2.75) is 46.3 Å². The summed E-state index contributed by atoms with van der Waals surface area (Å²) < 4.78 is 8.06. The summed E-state index contributed by atoms with van der Waals surface area (Å²) in [5, 5.41) is 0. The van der Waals surface area contributed by atoms with Gasteiger partial charge < -0.3 is 9.30 Å². The van der Waals surface area contributed by atoms with Crippen LogP contribution in [0.3, 0.4) is 0 Å². The van der Waals surface area contributed by atoms with Gasteiger partial charge in [-0.25, -0.2) is 4.98 Å². The van der Waals surface area contributed by atoms with E-state index in [9.17, 15) is 0 Å². The standard InChI is InChI=1S/C16H22N2O/c1-5-18-11-10-17-15(18)12-19-14-9-7-6-8-13(14)16(2,3)4/h6-11H,5,12H2,1-4H3. The lowest BCUT2D eigenvalue weighted by atomic mass is 9.86. The Morgan fingerprint density at radius 3 is 2.63 bits per heavy atom. The lowest BCUT2D eigenvalue weighted by molar-refractivity contribution is 0.282. The Morgan fingerprint density at radius 2 is 1.95 bits per heavy atom. The smallest absolute Gasteiger partial charge is 0.146 e. The molecule has 1 heterocycles. The van der Waals surface area contributed by atoms with E-state index in [2.05, 4.69) is 49.4 Å². The largest absolute Gasteiger partial charge is 0.485 e. The molecule has 3 nitrogen and oxygen atoms in total. The van der Waals surface area contributed by atoms with Crippen LogP contribution in [-0.2, 0) is 18.6 Å². The summed E-state index contributed by atoms with van der Waals surface area (Å²) in [4.78, 5) is 4.33. The van der Waals surface area contributed by atoms with E-state index in [1.807, 2.05) is 24.5 Å². The molecule has 0 fully saturated rings. The highest BCUT2D eigenvalue weighted by Gasteiger charge is 2.18. The van der Waals surface area contributed by atoms with Crippen molar-refractivity contribution in [3.05, 3.63) is 48.0 Å². The number of hydrogen-bond acceptors (Lipinski definition) is 2. The van der Waals surface area contributed by atoms with Gasteiger partial charge in [-0.3, -0.25) is 0 Å². The van der Waals surface area contributed by atoms with Crippen LogP contribution in [0, 0.1) is 0 Å². The third-order valence-electron chi connectivity index (χ3n) is 3.19. The SMILES string of the molecule is CCn1ccnc1COc1ccccc1C(C)(C)C. The van der Waals surface area contributed by atoms with Gasteiger partial charge in [0.05, 0.1) is 0 Å². The Labute approximate surface area is 115 Å². The number of benzene rings is 1. The second-order valence-electron chi connectivity index (χ2n) is 5.66. The molecule has 19 heavy (non-hydrogen) atoms. The van der Waals surface area contributed by atoms with Gasteiger partial charge in [0, 0.05) is 18.9 Å². The van der Waals surface area contributed by atoms with E-state index in [0.29, 0.717) is 6.61 Å². The van der Waals surface area contributed by atoms with E-state index in [1.54, 1.807) is 0 Å². The fraction of sp³-hybridized carbons (Fsp3) is 0.438. The number of rotatable bonds is 4. The Bertz CT molecular complexity index is 538. The molecule has 2 aromatic rings. The molecule has 0 aliphatic carbocycles. The van der Waals surface area contributed by atoms with Crippen molar-refractivity contribution in [3.8, 4) is 5.75 Å². The van der Waals surface area contributed by atoms with E-state index in [1.165, 1.54) is 5.56 Å². The van der Waals surface area contributed by atoms with Crippen molar-refractivity contribution < 1.29 is 4.74 Å². The van der Waals surface area contributed by atoms with E-state index in [-0.39, 0.29) is 5.41 Å². The zero-order chi connectivity index (χ0) is 13.9. The average Bonchev–Trinajstić information content (AvgIpc) is 2.83. The number of aryl methyl sites for hydroxylation is 1. The van der Waals surface area contributed by atoms with Crippen molar-refractivity contribution in [1.82, 2.24) is 9.55 Å². The van der Waals surface area contributed by atoms with E-state index < -0.39 is 0 Å². The van der Waals surface area contributed by atoms with E-state index in [0.717, 1.165) is 18.1 Å². The van der Waals surface area contributed by atoms with Gasteiger partial charge in [0.15, 0.2) is 0 Å². The second kappa shape index (κ2) is 5.47. The number of imidazole rings is 1. The summed E-state index contributed by atoms with van der Waals surface area (Å²) in [6, 6.07) is 8.22. The molecule has 0 saturated carbocycles. The Morgan fingerprint density at radius 1 is 1.21 bits per heavy atom. The Kier molecular flexibility index (Phi) is 3.93. The molecule has 0 bridgehead atoms. The first-order chi connectivity index (χ1) is 9.02. The monoisotopic (exact) mass is 258 g/mol. The van der Waals surface area contributed by atoms with Gasteiger partial charge in [-0.1, -0.05) is 39.0 Å². The molecule has 0 radical (unpaired) electrons. The van der Waals surface area contributed by atoms with Crippen LogP contribution < -0.4 is 4.74 Å². The highest BCUT2D eigenvalue weighted by Crippen LogP contribution is 2.31. The van der Waals surface area contributed by atoms with Gasteiger partial charge in [-0.2, -0.15) is 0 Å². The minimum Gasteiger partial charge on any atom is -0.485 e. The maximum Gasteiger partial charge on any atom is 0.146 e. The lowest BCUT2D eigenvalue weighted by Gasteiger charge is -2.22. The number of para-hydroxylation sites is 1. The molecule has 102 valence electrons. The average molecular weight is 258 g/mol. The predicted molar refractivity (Wildman–Crippen MR) is 77.4 cm³/mol. The molecule has 2 rings (SSSR count). The van der Waals surface area contributed by atoms with Crippen molar-refractivity contribution in [2.24, 2.45) is 0 Å². The van der Waals surface area contributed by atoms with Crippen molar-refractivity contribution in [2.75, 3.05) is 0 Å². The van der Waals surface area contributed by atoms with Gasteiger partial charge >= 0.3 is 0 Å². The maximum absolute atomic E-state index is 5.97. The first-order valence-corrected chi connectivity index (χ1v) is 6.74. The Hall–Kier alpha value is -1.77. The molecular formula is C16H22N2O. The van der Waals surface area contributed by atoms with Gasteiger partial charge in [0.25, 0.3) is 0 Å². The quantitative estimate of drug-likeness (QED) is 0.834. The Balaban J connectivity index is 2.16. The summed E-state index contributed by atoms with van der Waals surface area (Å²) in [6.07, 6.45) is 3.80. The third-order valence-corrected chi connectivity index (χ3v) is 3.19. The van der Waals surface area contributed by atoms with Crippen LogP contribution in [-0.4, -0.2) is 9.55 Å². The molecule has 0 unspecified atom stereocenters. The summed E-state index contributed by atoms with van der Waals surface area (Å²) in [7, 11) is 0. The van der Waals surface area contributed by atoms with Gasteiger partial charge in [-0.05, 0) is 24.0 Å². The summed E-state index contributed by atoms with van der Waals surface area (Å²) >= 11 is 0. The van der Waals surface area contributed by atoms with E-state index in [4.69, 9.17) is 4.74 Å². The molecule has 3 heteroatoms. The summed E-state index contributed by atoms with van der Waals surface area (Å²) in [5.41, 5.74) is 1.31. The van der Waals surface area contributed by atoms with E-state index >= 15 is 0 Å². The summed E-state index contributed by atoms with van der Waals surface area (Å²) in [5.74, 6) is 1.91. The van der Waals surface area contributed by atoms with Crippen LogP contribution in [0.5, 0.6) is 5.75 Å². The zero-order valence-corrected chi connectivity index (χ0v) is 12.2. The molecular weight excluding hydrogens is 236 g/mol. The molecule has 1 aromatic carbocycles. The van der Waals surface area contributed by atoms with Crippen LogP contribution in [0.15, 0.2) is 36.7 Å². The second-order valence-corrected chi connectivity index (χ2v) is 5.66. The highest BCUT2D eigenvalue weighted by molar-refractivity contribution is 5.38. The first-order valence-electron chi connectivity index (χ1n) is 6.74. The van der Waals surface area contributed by atoms with Gasteiger partial charge in [0.1, 0.15) is 18.2 Å². The molecule has 0 amide bonds. The number of aromatic nitrogens is 2. The molecule has 0 spiro atoms. The number of nitrogens with zero attached hydrogens (tertiary/aromatic N) is 2. The van der Waals surface area contributed by atoms with Crippen LogP contribution in [0.1, 0.15) is 39.1 Å². The topological polar surface area (TPSA) is 27.1 Å². The molecule has 0 N–H and O–H groups in total. The third kappa shape index (κ3) is 3.16. The van der Waals surface area contributed by atoms with Gasteiger partial charge in [-0.15, -0.1) is 0 Å². The lowest BCUT2D eigenvalue weighted by Crippen LogP contribution is -2.14. The van der Waals surface area contributed by atoms with Crippen LogP contribution >= 0.6 is 0 Å². The molecule has 0 atom stereocenters. The minimum absolute atomic E-state index is 0.0801.